The summed E-state index contributed by atoms with van der Waals surface area (Å²) in [6.07, 6.45) is 0.413. The summed E-state index contributed by atoms with van der Waals surface area (Å²) in [6.45, 7) is -0.0421. The van der Waals surface area contributed by atoms with E-state index in [-0.39, 0.29) is 18.1 Å². The van der Waals surface area contributed by atoms with Gasteiger partial charge in [0.05, 0.1) is 18.1 Å². The Morgan fingerprint density at radius 2 is 1.57 bits per heavy atom. The minimum absolute atomic E-state index is 0.00314. The number of sulfone groups is 1. The Bertz CT molecular complexity index is 694. The van der Waals surface area contributed by atoms with Crippen LogP contribution in [0.4, 0.5) is 0 Å². The number of aryl methyl sites for hydroxylation is 1. The highest BCUT2D eigenvalue weighted by Crippen LogP contribution is 2.17. The first-order valence-corrected chi connectivity index (χ1v) is 8.82. The zero-order chi connectivity index (χ0) is 15.3. The van der Waals surface area contributed by atoms with Gasteiger partial charge in [-0.1, -0.05) is 54.1 Å². The second-order valence-electron chi connectivity index (χ2n) is 4.91. The van der Waals surface area contributed by atoms with Gasteiger partial charge in [0.25, 0.3) is 0 Å². The molecule has 0 fully saturated rings. The molecule has 0 aromatic heterocycles. The molecule has 3 nitrogen and oxygen atoms in total. The van der Waals surface area contributed by atoms with E-state index in [1.54, 1.807) is 30.3 Å². The summed E-state index contributed by atoms with van der Waals surface area (Å²) in [6, 6.07) is 14.2. The summed E-state index contributed by atoms with van der Waals surface area (Å²) in [5.74, 6) is 0.0711. The Kier molecular flexibility index (Phi) is 5.39. The van der Waals surface area contributed by atoms with E-state index < -0.39 is 9.84 Å². The van der Waals surface area contributed by atoms with Crippen LogP contribution in [0.5, 0.6) is 0 Å². The molecule has 0 heterocycles. The molecule has 0 spiro atoms. The Hall–Kier alpha value is -1.36. The van der Waals surface area contributed by atoms with Crippen molar-refractivity contribution in [3.8, 4) is 0 Å². The summed E-state index contributed by atoms with van der Waals surface area (Å²) in [4.78, 5) is 0. The minimum atomic E-state index is -3.19. The molecule has 0 unspecified atom stereocenters. The molecule has 5 heteroatoms. The van der Waals surface area contributed by atoms with Crippen LogP contribution in [-0.4, -0.2) is 19.3 Å². The number of hydrogen-bond acceptors (Lipinski definition) is 3. The summed E-state index contributed by atoms with van der Waals surface area (Å²) >= 11 is 6.03. The van der Waals surface area contributed by atoms with Gasteiger partial charge in [0.2, 0.25) is 0 Å². The highest BCUT2D eigenvalue weighted by molar-refractivity contribution is 7.90. The van der Waals surface area contributed by atoms with Crippen LogP contribution >= 0.6 is 11.6 Å². The first-order chi connectivity index (χ1) is 10.00. The van der Waals surface area contributed by atoms with E-state index in [1.807, 2.05) is 18.2 Å². The Morgan fingerprint density at radius 3 is 2.19 bits per heavy atom. The summed E-state index contributed by atoms with van der Waals surface area (Å²) in [5, 5.41) is 9.56. The molecule has 0 saturated carbocycles. The average Bonchev–Trinajstić information content (AvgIpc) is 2.47. The summed E-state index contributed by atoms with van der Waals surface area (Å²) in [5.41, 5.74) is 2.34. The first-order valence-electron chi connectivity index (χ1n) is 6.63. The third kappa shape index (κ3) is 4.84. The van der Waals surface area contributed by atoms with Crippen molar-refractivity contribution in [1.29, 1.82) is 0 Å². The fraction of sp³-hybridized carbons (Fsp3) is 0.250. The molecular weight excluding hydrogens is 308 g/mol. The lowest BCUT2D eigenvalue weighted by Gasteiger charge is -2.07. The van der Waals surface area contributed by atoms with Crippen LogP contribution in [0.2, 0.25) is 5.02 Å². The number of rotatable bonds is 6. The largest absolute Gasteiger partial charge is 0.392 e. The summed E-state index contributed by atoms with van der Waals surface area (Å²) < 4.78 is 24.3. The maximum Gasteiger partial charge on any atom is 0.154 e. The van der Waals surface area contributed by atoms with Crippen molar-refractivity contribution in [2.75, 3.05) is 5.75 Å². The van der Waals surface area contributed by atoms with Gasteiger partial charge in [-0.15, -0.1) is 0 Å². The molecular formula is C16H17ClO3S. The van der Waals surface area contributed by atoms with Gasteiger partial charge < -0.3 is 5.11 Å². The highest BCUT2D eigenvalue weighted by Gasteiger charge is 2.13. The molecule has 0 saturated heterocycles. The summed E-state index contributed by atoms with van der Waals surface area (Å²) in [7, 11) is -3.19. The van der Waals surface area contributed by atoms with Gasteiger partial charge >= 0.3 is 0 Å². The lowest BCUT2D eigenvalue weighted by atomic mass is 10.2. The lowest BCUT2D eigenvalue weighted by molar-refractivity contribution is 0.282. The molecule has 112 valence electrons. The van der Waals surface area contributed by atoms with E-state index >= 15 is 0 Å². The number of halogens is 1. The van der Waals surface area contributed by atoms with E-state index in [9.17, 15) is 8.42 Å². The Balaban J connectivity index is 2.00. The average molecular weight is 325 g/mol. The van der Waals surface area contributed by atoms with Crippen LogP contribution in [0, 0.1) is 0 Å². The molecule has 0 aliphatic heterocycles. The fourth-order valence-corrected chi connectivity index (χ4v) is 3.64. The van der Waals surface area contributed by atoms with Gasteiger partial charge in [-0.05, 0) is 29.2 Å². The van der Waals surface area contributed by atoms with E-state index in [0.717, 1.165) is 16.7 Å². The molecule has 0 bridgehead atoms. The van der Waals surface area contributed by atoms with Crippen LogP contribution in [0.25, 0.3) is 0 Å². The zero-order valence-corrected chi connectivity index (χ0v) is 13.1. The zero-order valence-electron chi connectivity index (χ0n) is 11.5. The van der Waals surface area contributed by atoms with Crippen molar-refractivity contribution in [2.45, 2.75) is 18.8 Å². The fourth-order valence-electron chi connectivity index (χ4n) is 2.03. The predicted molar refractivity (Wildman–Crippen MR) is 85.0 cm³/mol. The Labute approximate surface area is 130 Å². The lowest BCUT2D eigenvalue weighted by Crippen LogP contribution is -2.11. The minimum Gasteiger partial charge on any atom is -0.392 e. The molecule has 2 aromatic carbocycles. The number of hydrogen-bond donors (Lipinski definition) is 1. The van der Waals surface area contributed by atoms with Crippen molar-refractivity contribution >= 4 is 21.4 Å². The molecule has 1 N–H and O–H groups in total. The Morgan fingerprint density at radius 1 is 0.952 bits per heavy atom. The molecule has 0 aliphatic carbocycles. The standard InChI is InChI=1S/C16H17ClO3S/c17-16-4-2-1-3-15(16)9-10-21(19,20)12-14-7-5-13(11-18)6-8-14/h1-8,18H,9-12H2. The van der Waals surface area contributed by atoms with E-state index in [0.29, 0.717) is 11.4 Å². The number of benzene rings is 2. The van der Waals surface area contributed by atoms with Gasteiger partial charge in [0, 0.05) is 5.02 Å². The van der Waals surface area contributed by atoms with E-state index in [4.69, 9.17) is 16.7 Å². The third-order valence-electron chi connectivity index (χ3n) is 3.23. The van der Waals surface area contributed by atoms with E-state index in [1.165, 1.54) is 0 Å². The highest BCUT2D eigenvalue weighted by atomic mass is 35.5. The van der Waals surface area contributed by atoms with Crippen molar-refractivity contribution in [3.63, 3.8) is 0 Å². The quantitative estimate of drug-likeness (QED) is 0.888. The first kappa shape index (κ1) is 16.0. The second-order valence-corrected chi connectivity index (χ2v) is 7.50. The second kappa shape index (κ2) is 7.07. The molecule has 21 heavy (non-hydrogen) atoms. The van der Waals surface area contributed by atoms with Crippen molar-refractivity contribution in [3.05, 3.63) is 70.2 Å². The van der Waals surface area contributed by atoms with Gasteiger partial charge in [0.15, 0.2) is 9.84 Å². The van der Waals surface area contributed by atoms with Crippen LogP contribution in [0.15, 0.2) is 48.5 Å². The smallest absolute Gasteiger partial charge is 0.154 e. The molecule has 0 aliphatic rings. The van der Waals surface area contributed by atoms with Gasteiger partial charge in [-0.25, -0.2) is 8.42 Å². The molecule has 0 radical (unpaired) electrons. The maximum atomic E-state index is 12.1. The molecule has 0 amide bonds. The van der Waals surface area contributed by atoms with Gasteiger partial charge in [-0.3, -0.25) is 0 Å². The number of aliphatic hydroxyl groups is 1. The monoisotopic (exact) mass is 324 g/mol. The topological polar surface area (TPSA) is 54.4 Å². The van der Waals surface area contributed by atoms with Crippen molar-refractivity contribution in [2.24, 2.45) is 0 Å². The maximum absolute atomic E-state index is 12.1. The van der Waals surface area contributed by atoms with Crippen LogP contribution in [0.3, 0.4) is 0 Å². The molecule has 2 aromatic rings. The SMILES string of the molecule is O=S(=O)(CCc1ccccc1Cl)Cc1ccc(CO)cc1. The van der Waals surface area contributed by atoms with Crippen LogP contribution in [-0.2, 0) is 28.6 Å². The number of aliphatic hydroxyl groups excluding tert-OH is 1. The predicted octanol–water partition coefficient (Wildman–Crippen LogP) is 2.99. The van der Waals surface area contributed by atoms with Crippen LogP contribution < -0.4 is 0 Å². The van der Waals surface area contributed by atoms with Crippen molar-refractivity contribution < 1.29 is 13.5 Å². The molecule has 2 rings (SSSR count). The normalized spacial score (nSPS) is 11.5. The molecule has 0 atom stereocenters. The van der Waals surface area contributed by atoms with Gasteiger partial charge in [0.1, 0.15) is 0 Å². The van der Waals surface area contributed by atoms with Gasteiger partial charge in [-0.2, -0.15) is 0 Å². The third-order valence-corrected chi connectivity index (χ3v) is 5.20. The van der Waals surface area contributed by atoms with Crippen molar-refractivity contribution in [1.82, 2.24) is 0 Å². The van der Waals surface area contributed by atoms with E-state index in [2.05, 4.69) is 0 Å². The van der Waals surface area contributed by atoms with Crippen LogP contribution in [0.1, 0.15) is 16.7 Å².